The van der Waals surface area contributed by atoms with Gasteiger partial charge < -0.3 is 40.0 Å². The van der Waals surface area contributed by atoms with Crippen molar-refractivity contribution < 1.29 is 53.8 Å². The van der Waals surface area contributed by atoms with E-state index in [0.29, 0.717) is 23.5 Å². The van der Waals surface area contributed by atoms with E-state index in [0.717, 1.165) is 18.2 Å². The number of nitrogens with one attached hydrogen (secondary N) is 1. The number of esters is 1. The third-order valence-corrected chi connectivity index (χ3v) is 8.45. The first kappa shape index (κ1) is 36.1. The number of rotatable bonds is 17. The minimum absolute atomic E-state index is 0.00545. The second-order valence-electron chi connectivity index (χ2n) is 10.7. The van der Waals surface area contributed by atoms with Gasteiger partial charge >= 0.3 is 11.9 Å². The van der Waals surface area contributed by atoms with E-state index in [1.165, 1.54) is 18.7 Å². The molecule has 246 valence electrons. The van der Waals surface area contributed by atoms with Gasteiger partial charge in [-0.1, -0.05) is 54.6 Å². The molecule has 1 unspecified atom stereocenters. The third-order valence-electron chi connectivity index (χ3n) is 7.38. The van der Waals surface area contributed by atoms with Crippen molar-refractivity contribution in [3.05, 3.63) is 60.2 Å². The Labute approximate surface area is 266 Å². The molecule has 0 radical (unpaired) electrons. The van der Waals surface area contributed by atoms with Gasteiger partial charge in [-0.2, -0.15) is 11.8 Å². The third kappa shape index (κ3) is 10.3. The second kappa shape index (κ2) is 17.4. The molecular formula is C32H41NO11S. The summed E-state index contributed by atoms with van der Waals surface area (Å²) in [5, 5.41) is 44.4. The average Bonchev–Trinajstić information content (AvgIpc) is 3.03. The normalized spacial score (nSPS) is 22.6. The lowest BCUT2D eigenvalue weighted by molar-refractivity contribution is -0.311. The number of benzene rings is 2. The fourth-order valence-electron chi connectivity index (χ4n) is 5.05. The number of hydrogen-bond acceptors (Lipinski definition) is 11. The van der Waals surface area contributed by atoms with Crippen LogP contribution in [0.5, 0.6) is 0 Å². The highest BCUT2D eigenvalue weighted by molar-refractivity contribution is 7.99. The summed E-state index contributed by atoms with van der Waals surface area (Å²) in [6.07, 6.45) is -6.57. The Morgan fingerprint density at radius 3 is 2.31 bits per heavy atom. The molecule has 5 N–H and O–H groups in total. The first-order valence-electron chi connectivity index (χ1n) is 14.7. The molecule has 12 nitrogen and oxygen atoms in total. The van der Waals surface area contributed by atoms with Gasteiger partial charge in [0.1, 0.15) is 12.2 Å². The monoisotopic (exact) mass is 647 g/mol. The Morgan fingerprint density at radius 2 is 1.69 bits per heavy atom. The van der Waals surface area contributed by atoms with Crippen molar-refractivity contribution in [3.8, 4) is 11.1 Å². The van der Waals surface area contributed by atoms with Crippen molar-refractivity contribution in [2.24, 2.45) is 0 Å². The molecule has 1 saturated heterocycles. The number of methoxy groups -OCH3 is 1. The van der Waals surface area contributed by atoms with Crippen molar-refractivity contribution in [2.45, 2.75) is 75.3 Å². The van der Waals surface area contributed by atoms with Gasteiger partial charge in [-0.25, -0.2) is 4.79 Å². The number of aliphatic carboxylic acids is 1. The molecule has 1 heterocycles. The molecule has 1 amide bonds. The van der Waals surface area contributed by atoms with E-state index in [-0.39, 0.29) is 31.7 Å². The van der Waals surface area contributed by atoms with Crippen LogP contribution < -0.4 is 5.32 Å². The number of carboxylic acid groups (broad SMARTS) is 1. The van der Waals surface area contributed by atoms with Crippen LogP contribution in [-0.4, -0.2) is 106 Å². The Balaban J connectivity index is 1.68. The molecule has 0 aliphatic carbocycles. The lowest BCUT2D eigenvalue weighted by Crippen LogP contribution is -2.67. The number of aliphatic hydroxyl groups is 3. The number of hydrogen-bond donors (Lipinski definition) is 5. The van der Waals surface area contributed by atoms with Gasteiger partial charge in [-0.3, -0.25) is 14.4 Å². The van der Waals surface area contributed by atoms with Crippen LogP contribution in [0.15, 0.2) is 54.6 Å². The number of thioether (sulfide) groups is 1. The number of ketones is 1. The minimum Gasteiger partial charge on any atom is -0.481 e. The van der Waals surface area contributed by atoms with Crippen molar-refractivity contribution in [1.82, 2.24) is 5.32 Å². The van der Waals surface area contributed by atoms with E-state index >= 15 is 0 Å². The number of carboxylic acids is 1. The highest BCUT2D eigenvalue weighted by atomic mass is 32.2. The van der Waals surface area contributed by atoms with E-state index in [2.05, 4.69) is 5.32 Å². The average molecular weight is 648 g/mol. The molecule has 6 atom stereocenters. The maximum absolute atomic E-state index is 12.9. The summed E-state index contributed by atoms with van der Waals surface area (Å²) < 4.78 is 16.6. The van der Waals surface area contributed by atoms with Crippen molar-refractivity contribution >= 4 is 35.4 Å². The van der Waals surface area contributed by atoms with E-state index in [4.69, 9.17) is 19.3 Å². The van der Waals surface area contributed by atoms with Crippen LogP contribution in [0.2, 0.25) is 0 Å². The predicted molar refractivity (Wildman–Crippen MR) is 165 cm³/mol. The molecule has 2 aromatic carbocycles. The van der Waals surface area contributed by atoms with E-state index < -0.39 is 60.5 Å². The summed E-state index contributed by atoms with van der Waals surface area (Å²) in [7, 11) is 1.10. The van der Waals surface area contributed by atoms with Crippen LogP contribution >= 0.6 is 11.8 Å². The predicted octanol–water partition coefficient (Wildman–Crippen LogP) is 2.18. The molecule has 0 spiro atoms. The smallest absolute Gasteiger partial charge is 0.366 e. The zero-order chi connectivity index (χ0) is 33.0. The molecule has 45 heavy (non-hydrogen) atoms. The number of aliphatic hydroxyl groups excluding tert-OH is 3. The zero-order valence-electron chi connectivity index (χ0n) is 25.3. The van der Waals surface area contributed by atoms with Gasteiger partial charge in [0.2, 0.25) is 5.91 Å². The fraction of sp³-hybridized carbons (Fsp3) is 0.500. The number of Topliss-reactive ketones (excluding diaryl/α,β-unsaturated/α-hetero) is 1. The number of ether oxygens (including phenoxy) is 3. The van der Waals surface area contributed by atoms with Gasteiger partial charge in [-0.05, 0) is 29.7 Å². The van der Waals surface area contributed by atoms with Crippen LogP contribution in [0.1, 0.15) is 49.4 Å². The quantitative estimate of drug-likeness (QED) is 0.0958. The molecule has 0 bridgehead atoms. The van der Waals surface area contributed by atoms with E-state index in [9.17, 15) is 34.5 Å². The van der Waals surface area contributed by atoms with Crippen LogP contribution in [0.25, 0.3) is 11.1 Å². The topological polar surface area (TPSA) is 189 Å². The van der Waals surface area contributed by atoms with Gasteiger partial charge in [-0.15, -0.1) is 0 Å². The minimum atomic E-state index is -2.16. The van der Waals surface area contributed by atoms with Gasteiger partial charge in [0, 0.05) is 31.1 Å². The Morgan fingerprint density at radius 1 is 1.02 bits per heavy atom. The maximum Gasteiger partial charge on any atom is 0.366 e. The highest BCUT2D eigenvalue weighted by Crippen LogP contribution is 2.35. The summed E-state index contributed by atoms with van der Waals surface area (Å²) in [4.78, 5) is 48.4. The van der Waals surface area contributed by atoms with Crippen molar-refractivity contribution in [2.75, 3.05) is 25.2 Å². The molecule has 2 aromatic rings. The first-order valence-corrected chi connectivity index (χ1v) is 15.8. The summed E-state index contributed by atoms with van der Waals surface area (Å²) in [5.41, 5.74) is 2.36. The molecule has 0 aromatic heterocycles. The van der Waals surface area contributed by atoms with Gasteiger partial charge in [0.25, 0.3) is 5.79 Å². The number of amides is 1. The summed E-state index contributed by atoms with van der Waals surface area (Å²) in [5.74, 6) is -3.94. The second-order valence-corrected chi connectivity index (χ2v) is 12.0. The van der Waals surface area contributed by atoms with Crippen molar-refractivity contribution in [3.63, 3.8) is 0 Å². The van der Waals surface area contributed by atoms with Crippen LogP contribution in [0, 0.1) is 0 Å². The fourth-order valence-corrected chi connectivity index (χ4v) is 5.89. The lowest BCUT2D eigenvalue weighted by Gasteiger charge is -2.47. The molecule has 1 aliphatic rings. The molecular weight excluding hydrogens is 606 g/mol. The zero-order valence-corrected chi connectivity index (χ0v) is 26.1. The number of carbonyl (C=O) groups is 4. The Kier molecular flexibility index (Phi) is 14.0. The molecule has 1 aliphatic heterocycles. The molecule has 3 rings (SSSR count). The van der Waals surface area contributed by atoms with Gasteiger partial charge in [0.15, 0.2) is 5.78 Å². The van der Waals surface area contributed by atoms with Crippen molar-refractivity contribution in [1.29, 1.82) is 0 Å². The summed E-state index contributed by atoms with van der Waals surface area (Å²) >= 11 is 1.39. The van der Waals surface area contributed by atoms with Gasteiger partial charge in [0.05, 0.1) is 38.4 Å². The standard InChI is InChI=1S/C32H41NO11S/c1-20(34)33-28-26(37)19-32(31(41)42-2,43-16-6-17-45-18-15-27(38)39)44-30(28)29(40)25(36)14-13-24(35)23-11-9-22(10-12-23)21-7-4-3-5-8-21/h3-5,7-12,25-26,28-30,36-37,40H,6,13-19H2,1-2H3,(H,33,34)(H,38,39)/t25-,26-,28-,29-,30?,32-/m1/s1. The van der Waals surface area contributed by atoms with E-state index in [1.54, 1.807) is 12.1 Å². The molecule has 1 fully saturated rings. The summed E-state index contributed by atoms with van der Waals surface area (Å²) in [6.45, 7) is 1.17. The van der Waals surface area contributed by atoms with Crippen LogP contribution in [-0.2, 0) is 28.6 Å². The molecule has 0 saturated carbocycles. The van der Waals surface area contributed by atoms with Crippen LogP contribution in [0.3, 0.4) is 0 Å². The SMILES string of the molecule is COC(=O)[C@@]1(OCCCSCCC(=O)O)C[C@@H](O)[C@@H](NC(C)=O)C([C@H](O)[C@H](O)CCC(=O)c2ccc(-c3ccccc3)cc2)O1. The largest absolute Gasteiger partial charge is 0.481 e. The first-order chi connectivity index (χ1) is 21.5. The lowest BCUT2D eigenvalue weighted by atomic mass is 9.87. The highest BCUT2D eigenvalue weighted by Gasteiger charge is 2.56. The number of carbonyl (C=O) groups excluding carboxylic acids is 3. The Hall–Kier alpha value is -3.33. The summed E-state index contributed by atoms with van der Waals surface area (Å²) in [6, 6.07) is 15.5. The van der Waals surface area contributed by atoms with Crippen LogP contribution in [0.4, 0.5) is 0 Å². The van der Waals surface area contributed by atoms with E-state index in [1.807, 2.05) is 42.5 Å². The maximum atomic E-state index is 12.9. The Bertz CT molecular complexity index is 1280. The molecule has 13 heteroatoms.